The molecule has 0 spiro atoms. The van der Waals surface area contributed by atoms with Crippen molar-refractivity contribution in [1.82, 2.24) is 24.4 Å². The molecule has 1 aliphatic heterocycles. The van der Waals surface area contributed by atoms with E-state index < -0.39 is 53.0 Å². The molecule has 3 aromatic rings. The minimum Gasteiger partial charge on any atom is -0.443 e. The Morgan fingerprint density at radius 2 is 1.51 bits per heavy atom. The standard InChI is InChI=1S/C41H53FN6O7/c1-14-28(46(34(49)21-25(2)3)36(50)53-39(4,5)6)24-45(13)33-23-30(44-48(33)38(52)55-41(10,11)12)32-22-29-31(47(32)37(51)54-40(7,8)9)19-20-43-35(29)26-15-17-27(42)18-16-26/h14-20,22,24-25,33H,1,21,23H2,2-13H3/b28-24+. The van der Waals surface area contributed by atoms with Gasteiger partial charge in [-0.3, -0.25) is 9.78 Å². The summed E-state index contributed by atoms with van der Waals surface area (Å²) in [5, 5.41) is 6.45. The van der Waals surface area contributed by atoms with Crippen molar-refractivity contribution in [2.24, 2.45) is 11.0 Å². The number of imide groups is 1. The van der Waals surface area contributed by atoms with Crippen molar-refractivity contribution in [3.05, 3.63) is 78.7 Å². The first-order chi connectivity index (χ1) is 25.4. The molecule has 0 aliphatic carbocycles. The van der Waals surface area contributed by atoms with Crippen molar-refractivity contribution in [3.63, 3.8) is 0 Å². The van der Waals surface area contributed by atoms with Crippen LogP contribution < -0.4 is 0 Å². The van der Waals surface area contributed by atoms with E-state index in [1.807, 2.05) is 13.8 Å². The fourth-order valence-electron chi connectivity index (χ4n) is 5.72. The average Bonchev–Trinajstić information content (AvgIpc) is 3.65. The van der Waals surface area contributed by atoms with Crippen molar-refractivity contribution < 1.29 is 37.8 Å². The second-order valence-corrected chi connectivity index (χ2v) is 16.7. The van der Waals surface area contributed by atoms with Crippen LogP contribution >= 0.6 is 0 Å². The summed E-state index contributed by atoms with van der Waals surface area (Å²) < 4.78 is 32.5. The number of hydrazone groups is 1. The smallest absolute Gasteiger partial charge is 0.432 e. The third-order valence-electron chi connectivity index (χ3n) is 7.87. The fraction of sp³-hybridized carbons (Fsp3) is 0.463. The number of pyridine rings is 1. The maximum absolute atomic E-state index is 14.0. The third kappa shape index (κ3) is 10.6. The van der Waals surface area contributed by atoms with Gasteiger partial charge in [0, 0.05) is 43.2 Å². The molecule has 0 bridgehead atoms. The van der Waals surface area contributed by atoms with Gasteiger partial charge in [-0.15, -0.1) is 0 Å². The van der Waals surface area contributed by atoms with Crippen LogP contribution in [0.25, 0.3) is 22.2 Å². The molecule has 1 aliphatic rings. The Morgan fingerprint density at radius 1 is 0.927 bits per heavy atom. The highest BCUT2D eigenvalue weighted by Crippen LogP contribution is 2.34. The summed E-state index contributed by atoms with van der Waals surface area (Å²) in [6.45, 7) is 23.1. The number of nitrogens with zero attached hydrogens (tertiary/aromatic N) is 6. The molecular weight excluding hydrogens is 707 g/mol. The molecule has 13 nitrogen and oxygen atoms in total. The molecule has 0 fully saturated rings. The summed E-state index contributed by atoms with van der Waals surface area (Å²) in [6.07, 6.45) is 1.30. The van der Waals surface area contributed by atoms with Gasteiger partial charge in [-0.2, -0.15) is 10.1 Å². The molecule has 2 aromatic heterocycles. The molecule has 296 valence electrons. The molecule has 1 atom stereocenters. The van der Waals surface area contributed by atoms with E-state index in [0.29, 0.717) is 33.6 Å². The first kappa shape index (κ1) is 42.2. The Hall–Kier alpha value is -5.53. The molecule has 0 saturated carbocycles. The predicted octanol–water partition coefficient (Wildman–Crippen LogP) is 9.07. The molecule has 0 radical (unpaired) electrons. The summed E-state index contributed by atoms with van der Waals surface area (Å²) in [7, 11) is 1.66. The van der Waals surface area contributed by atoms with Gasteiger partial charge in [0.05, 0.1) is 28.3 Å². The number of fused-ring (bicyclic) bond motifs is 1. The lowest BCUT2D eigenvalue weighted by Gasteiger charge is -2.32. The van der Waals surface area contributed by atoms with Crippen molar-refractivity contribution >= 4 is 40.8 Å². The molecule has 1 aromatic carbocycles. The first-order valence-electron chi connectivity index (χ1n) is 18.1. The Labute approximate surface area is 322 Å². The number of aromatic nitrogens is 2. The quantitative estimate of drug-likeness (QED) is 0.163. The molecule has 4 rings (SSSR count). The van der Waals surface area contributed by atoms with E-state index in [9.17, 15) is 23.6 Å². The molecule has 3 heterocycles. The number of ether oxygens (including phenoxy) is 3. The summed E-state index contributed by atoms with van der Waals surface area (Å²) in [5.41, 5.74) is -0.340. The third-order valence-corrected chi connectivity index (χ3v) is 7.87. The van der Waals surface area contributed by atoms with Crippen LogP contribution in [0.15, 0.2) is 72.2 Å². The molecule has 55 heavy (non-hydrogen) atoms. The SMILES string of the molecule is C=C/C(=C\N(C)C1CC(c2cc3c(-c4ccc(F)cc4)nccc3n2C(=O)OC(C)(C)C)=NN1C(=O)OC(C)(C)C)N(C(=O)CC(C)C)C(=O)OC(C)(C)C. The van der Waals surface area contributed by atoms with Crippen molar-refractivity contribution in [2.45, 2.75) is 112 Å². The maximum Gasteiger partial charge on any atom is 0.432 e. The zero-order chi connectivity index (χ0) is 41.2. The number of allylic oxidation sites excluding steroid dienone is 1. The van der Waals surface area contributed by atoms with Gasteiger partial charge in [0.2, 0.25) is 5.91 Å². The van der Waals surface area contributed by atoms with E-state index in [-0.39, 0.29) is 24.5 Å². The highest BCUT2D eigenvalue weighted by molar-refractivity contribution is 6.10. The van der Waals surface area contributed by atoms with Crippen LogP contribution in [-0.2, 0) is 19.0 Å². The van der Waals surface area contributed by atoms with E-state index in [2.05, 4.69) is 11.6 Å². The van der Waals surface area contributed by atoms with Crippen LogP contribution in [0, 0.1) is 11.7 Å². The molecular formula is C41H53FN6O7. The normalized spacial score (nSPS) is 15.2. The topological polar surface area (TPSA) is 136 Å². The van der Waals surface area contributed by atoms with Gasteiger partial charge in [-0.1, -0.05) is 20.4 Å². The lowest BCUT2D eigenvalue weighted by atomic mass is 10.1. The molecule has 1 unspecified atom stereocenters. The van der Waals surface area contributed by atoms with Crippen molar-refractivity contribution in [1.29, 1.82) is 0 Å². The molecule has 0 N–H and O–H groups in total. The number of carbonyl (C=O) groups excluding carboxylic acids is 4. The number of rotatable bonds is 8. The number of hydrogen-bond donors (Lipinski definition) is 0. The number of halogens is 1. The zero-order valence-corrected chi connectivity index (χ0v) is 33.9. The maximum atomic E-state index is 14.0. The second kappa shape index (κ2) is 16.1. The van der Waals surface area contributed by atoms with E-state index >= 15 is 0 Å². The highest BCUT2D eigenvalue weighted by Gasteiger charge is 2.40. The highest BCUT2D eigenvalue weighted by atomic mass is 19.1. The van der Waals surface area contributed by atoms with Crippen LogP contribution in [0.5, 0.6) is 0 Å². The Balaban J connectivity index is 1.89. The Bertz CT molecular complexity index is 2010. The van der Waals surface area contributed by atoms with Crippen LogP contribution in [0.3, 0.4) is 0 Å². The fourth-order valence-corrected chi connectivity index (χ4v) is 5.72. The van der Waals surface area contributed by atoms with E-state index in [4.69, 9.17) is 19.3 Å². The minimum absolute atomic E-state index is 0.0544. The van der Waals surface area contributed by atoms with Crippen LogP contribution in [0.1, 0.15) is 94.7 Å². The molecule has 3 amide bonds. The van der Waals surface area contributed by atoms with Crippen LogP contribution in [0.4, 0.5) is 18.8 Å². The van der Waals surface area contributed by atoms with E-state index in [1.54, 1.807) is 105 Å². The predicted molar refractivity (Wildman–Crippen MR) is 208 cm³/mol. The Kier molecular flexibility index (Phi) is 12.3. The Morgan fingerprint density at radius 3 is 2.05 bits per heavy atom. The summed E-state index contributed by atoms with van der Waals surface area (Å²) in [5.74, 6) is -0.971. The number of hydrogen-bond acceptors (Lipinski definition) is 10. The lowest BCUT2D eigenvalue weighted by Crippen LogP contribution is -2.45. The number of amides is 3. The second-order valence-electron chi connectivity index (χ2n) is 16.7. The molecule has 14 heteroatoms. The van der Waals surface area contributed by atoms with Gasteiger partial charge >= 0.3 is 18.3 Å². The summed E-state index contributed by atoms with van der Waals surface area (Å²) >= 11 is 0. The van der Waals surface area contributed by atoms with Gasteiger partial charge in [0.25, 0.3) is 0 Å². The molecule has 0 saturated heterocycles. The summed E-state index contributed by atoms with van der Waals surface area (Å²) in [4.78, 5) is 61.9. The van der Waals surface area contributed by atoms with Gasteiger partial charge in [-0.05, 0) is 111 Å². The largest absolute Gasteiger partial charge is 0.443 e. The van der Waals surface area contributed by atoms with E-state index in [1.165, 1.54) is 29.0 Å². The van der Waals surface area contributed by atoms with Crippen LogP contribution in [0.2, 0.25) is 0 Å². The van der Waals surface area contributed by atoms with Gasteiger partial charge < -0.3 is 19.1 Å². The lowest BCUT2D eigenvalue weighted by molar-refractivity contribution is -0.129. The van der Waals surface area contributed by atoms with Gasteiger partial charge in [0.1, 0.15) is 28.8 Å². The minimum atomic E-state index is -0.897. The number of carbonyl (C=O) groups is 4. The van der Waals surface area contributed by atoms with Crippen molar-refractivity contribution in [3.8, 4) is 11.3 Å². The first-order valence-corrected chi connectivity index (χ1v) is 18.1. The van der Waals surface area contributed by atoms with E-state index in [0.717, 1.165) is 9.91 Å². The van der Waals surface area contributed by atoms with Crippen LogP contribution in [-0.4, -0.2) is 84.3 Å². The number of benzene rings is 1. The summed E-state index contributed by atoms with van der Waals surface area (Å²) in [6, 6.07) is 9.25. The monoisotopic (exact) mass is 760 g/mol. The van der Waals surface area contributed by atoms with Gasteiger partial charge in [-0.25, -0.2) is 28.2 Å². The van der Waals surface area contributed by atoms with Gasteiger partial charge in [0.15, 0.2) is 0 Å². The van der Waals surface area contributed by atoms with Crippen molar-refractivity contribution in [2.75, 3.05) is 7.05 Å². The zero-order valence-electron chi connectivity index (χ0n) is 33.9. The average molecular weight is 761 g/mol.